The first kappa shape index (κ1) is 19.9. The third kappa shape index (κ3) is 5.79. The summed E-state index contributed by atoms with van der Waals surface area (Å²) in [6.45, 7) is 2.53. The number of anilines is 1. The van der Waals surface area contributed by atoms with Crippen molar-refractivity contribution in [3.63, 3.8) is 0 Å². The molecule has 6 heteroatoms. The summed E-state index contributed by atoms with van der Waals surface area (Å²) in [6.07, 6.45) is 2.14. The molecule has 0 heterocycles. The number of amides is 1. The zero-order valence-corrected chi connectivity index (χ0v) is 15.7. The lowest BCUT2D eigenvalue weighted by atomic mass is 10.1. The summed E-state index contributed by atoms with van der Waals surface area (Å²) in [7, 11) is 3.18. The van der Waals surface area contributed by atoms with Crippen molar-refractivity contribution < 1.29 is 14.3 Å². The van der Waals surface area contributed by atoms with E-state index in [4.69, 9.17) is 9.47 Å². The molecule has 140 valence electrons. The Morgan fingerprint density at radius 2 is 1.81 bits per heavy atom. The minimum absolute atomic E-state index is 0.0166. The molecule has 2 aromatic rings. The van der Waals surface area contributed by atoms with Crippen molar-refractivity contribution in [2.75, 3.05) is 26.1 Å². The number of benzene rings is 2. The van der Waals surface area contributed by atoms with Crippen molar-refractivity contribution in [1.29, 1.82) is 5.26 Å². The van der Waals surface area contributed by atoms with Gasteiger partial charge in [-0.1, -0.05) is 23.8 Å². The summed E-state index contributed by atoms with van der Waals surface area (Å²) in [5.74, 6) is 0.898. The van der Waals surface area contributed by atoms with Gasteiger partial charge in [0.2, 0.25) is 0 Å². The van der Waals surface area contributed by atoms with Crippen molar-refractivity contribution in [2.24, 2.45) is 0 Å². The van der Waals surface area contributed by atoms with Crippen LogP contribution in [0.4, 0.5) is 5.69 Å². The zero-order chi connectivity index (χ0) is 19.6. The SMILES string of the molecule is COc1ccc(CCN/C=C(/C#N)C(=O)Nc2ccc(C)cc2)cc1OC. The van der Waals surface area contributed by atoms with Crippen LogP contribution in [0.1, 0.15) is 11.1 Å². The molecule has 0 saturated heterocycles. The molecule has 2 rings (SSSR count). The van der Waals surface area contributed by atoms with Gasteiger partial charge in [-0.2, -0.15) is 5.26 Å². The third-order valence-corrected chi connectivity index (χ3v) is 3.93. The Hall–Kier alpha value is -3.46. The number of nitriles is 1. The average Bonchev–Trinajstić information content (AvgIpc) is 2.69. The van der Waals surface area contributed by atoms with Crippen molar-refractivity contribution in [2.45, 2.75) is 13.3 Å². The van der Waals surface area contributed by atoms with Gasteiger partial charge in [0.1, 0.15) is 11.6 Å². The van der Waals surface area contributed by atoms with Gasteiger partial charge in [0.15, 0.2) is 11.5 Å². The number of nitrogens with one attached hydrogen (secondary N) is 2. The van der Waals surface area contributed by atoms with Crippen LogP contribution in [-0.4, -0.2) is 26.7 Å². The second-order valence-corrected chi connectivity index (χ2v) is 5.88. The summed E-state index contributed by atoms with van der Waals surface area (Å²) < 4.78 is 10.5. The van der Waals surface area contributed by atoms with Gasteiger partial charge in [0.25, 0.3) is 5.91 Å². The maximum absolute atomic E-state index is 12.2. The highest BCUT2D eigenvalue weighted by molar-refractivity contribution is 6.06. The number of rotatable bonds is 8. The first-order chi connectivity index (χ1) is 13.1. The van der Waals surface area contributed by atoms with E-state index in [2.05, 4.69) is 10.6 Å². The Labute approximate surface area is 159 Å². The van der Waals surface area contributed by atoms with E-state index in [1.165, 1.54) is 6.20 Å². The molecule has 0 fully saturated rings. The van der Waals surface area contributed by atoms with Crippen molar-refractivity contribution >= 4 is 11.6 Å². The number of nitrogens with zero attached hydrogens (tertiary/aromatic N) is 1. The predicted molar refractivity (Wildman–Crippen MR) is 105 cm³/mol. The molecule has 0 aliphatic carbocycles. The monoisotopic (exact) mass is 365 g/mol. The van der Waals surface area contributed by atoms with Crippen LogP contribution in [0.3, 0.4) is 0 Å². The van der Waals surface area contributed by atoms with E-state index in [0.717, 1.165) is 11.1 Å². The maximum Gasteiger partial charge on any atom is 0.267 e. The van der Waals surface area contributed by atoms with Crippen LogP contribution in [0, 0.1) is 18.3 Å². The molecule has 0 spiro atoms. The van der Waals surface area contributed by atoms with E-state index in [1.54, 1.807) is 26.4 Å². The molecular formula is C21H23N3O3. The fraction of sp³-hybridized carbons (Fsp3) is 0.238. The first-order valence-corrected chi connectivity index (χ1v) is 8.50. The van der Waals surface area contributed by atoms with E-state index in [-0.39, 0.29) is 5.57 Å². The molecule has 27 heavy (non-hydrogen) atoms. The summed E-state index contributed by atoms with van der Waals surface area (Å²) >= 11 is 0. The number of hydrogen-bond acceptors (Lipinski definition) is 5. The molecule has 0 aliphatic rings. The molecule has 0 aromatic heterocycles. The molecule has 0 radical (unpaired) electrons. The second-order valence-electron chi connectivity index (χ2n) is 5.88. The summed E-state index contributed by atoms with van der Waals surface area (Å²) in [4.78, 5) is 12.2. The number of methoxy groups -OCH3 is 2. The summed E-state index contributed by atoms with van der Waals surface area (Å²) in [5, 5.41) is 14.9. The normalized spacial score (nSPS) is 10.7. The van der Waals surface area contributed by atoms with Crippen LogP contribution in [0.5, 0.6) is 11.5 Å². The maximum atomic E-state index is 12.2. The lowest BCUT2D eigenvalue weighted by Crippen LogP contribution is -2.18. The van der Waals surface area contributed by atoms with Crippen molar-refractivity contribution in [3.05, 3.63) is 65.4 Å². The number of hydrogen-bond donors (Lipinski definition) is 2. The highest BCUT2D eigenvalue weighted by Gasteiger charge is 2.09. The molecule has 2 aromatic carbocycles. The van der Waals surface area contributed by atoms with Gasteiger partial charge in [-0.15, -0.1) is 0 Å². The highest BCUT2D eigenvalue weighted by atomic mass is 16.5. The Kier molecular flexibility index (Phi) is 7.26. The minimum Gasteiger partial charge on any atom is -0.493 e. The molecule has 0 aliphatic heterocycles. The fourth-order valence-electron chi connectivity index (χ4n) is 2.41. The lowest BCUT2D eigenvalue weighted by molar-refractivity contribution is -0.112. The Balaban J connectivity index is 1.90. The van der Waals surface area contributed by atoms with Crippen LogP contribution >= 0.6 is 0 Å². The minimum atomic E-state index is -0.444. The summed E-state index contributed by atoms with van der Waals surface area (Å²) in [6, 6.07) is 15.0. The van der Waals surface area contributed by atoms with Gasteiger partial charge in [-0.3, -0.25) is 4.79 Å². The molecule has 0 bridgehead atoms. The van der Waals surface area contributed by atoms with Crippen LogP contribution in [0.25, 0.3) is 0 Å². The van der Waals surface area contributed by atoms with Crippen LogP contribution < -0.4 is 20.1 Å². The van der Waals surface area contributed by atoms with Crippen molar-refractivity contribution in [1.82, 2.24) is 5.32 Å². The molecule has 6 nitrogen and oxygen atoms in total. The standard InChI is InChI=1S/C21H23N3O3/c1-15-4-7-18(8-5-15)24-21(25)17(13-22)14-23-11-10-16-6-9-19(26-2)20(12-16)27-3/h4-9,12,14,23H,10-11H2,1-3H3,(H,24,25)/b17-14-. The van der Waals surface area contributed by atoms with Gasteiger partial charge >= 0.3 is 0 Å². The second kappa shape index (κ2) is 9.88. The molecule has 2 N–H and O–H groups in total. The lowest BCUT2D eigenvalue weighted by Gasteiger charge is -2.09. The quantitative estimate of drug-likeness (QED) is 0.426. The number of ether oxygens (including phenoxy) is 2. The molecule has 0 saturated carbocycles. The molecule has 1 amide bonds. The number of carbonyl (C=O) groups is 1. The number of aryl methyl sites for hydroxylation is 1. The Morgan fingerprint density at radius 1 is 1.11 bits per heavy atom. The van der Waals surface area contributed by atoms with E-state index in [9.17, 15) is 10.1 Å². The predicted octanol–water partition coefficient (Wildman–Crippen LogP) is 3.19. The Bertz CT molecular complexity index is 852. The van der Waals surface area contributed by atoms with Crippen LogP contribution in [-0.2, 0) is 11.2 Å². The van der Waals surface area contributed by atoms with E-state index < -0.39 is 5.91 Å². The van der Waals surface area contributed by atoms with Gasteiger partial charge in [0, 0.05) is 18.4 Å². The number of carbonyl (C=O) groups excluding carboxylic acids is 1. The van der Waals surface area contributed by atoms with E-state index in [0.29, 0.717) is 30.2 Å². The van der Waals surface area contributed by atoms with Gasteiger partial charge < -0.3 is 20.1 Å². The topological polar surface area (TPSA) is 83.4 Å². The van der Waals surface area contributed by atoms with Gasteiger partial charge in [0.05, 0.1) is 14.2 Å². The molecule has 0 atom stereocenters. The molecule has 0 unspecified atom stereocenters. The third-order valence-electron chi connectivity index (χ3n) is 3.93. The van der Waals surface area contributed by atoms with E-state index >= 15 is 0 Å². The smallest absolute Gasteiger partial charge is 0.267 e. The fourth-order valence-corrected chi connectivity index (χ4v) is 2.41. The van der Waals surface area contributed by atoms with Crippen LogP contribution in [0.2, 0.25) is 0 Å². The zero-order valence-electron chi connectivity index (χ0n) is 15.7. The molecular weight excluding hydrogens is 342 g/mol. The van der Waals surface area contributed by atoms with E-state index in [1.807, 2.05) is 43.3 Å². The van der Waals surface area contributed by atoms with Crippen molar-refractivity contribution in [3.8, 4) is 17.6 Å². The average molecular weight is 365 g/mol. The highest BCUT2D eigenvalue weighted by Crippen LogP contribution is 2.27. The van der Waals surface area contributed by atoms with Crippen LogP contribution in [0.15, 0.2) is 54.2 Å². The Morgan fingerprint density at radius 3 is 2.44 bits per heavy atom. The van der Waals surface area contributed by atoms with Gasteiger partial charge in [-0.05, 0) is 43.2 Å². The largest absolute Gasteiger partial charge is 0.493 e. The summed E-state index contributed by atoms with van der Waals surface area (Å²) in [5.41, 5.74) is 2.82. The first-order valence-electron chi connectivity index (χ1n) is 8.50. The van der Waals surface area contributed by atoms with Gasteiger partial charge in [-0.25, -0.2) is 0 Å².